The molecule has 5 aliphatic rings. The first-order valence-electron chi connectivity index (χ1n) is 20.1. The number of likely N-dealkylation sites (tertiary alicyclic amines) is 1. The number of fused-ring (bicyclic) bond motifs is 1. The van der Waals surface area contributed by atoms with Gasteiger partial charge in [-0.15, -0.1) is 0 Å². The quantitative estimate of drug-likeness (QED) is 0.0849. The Morgan fingerprint density at radius 1 is 1.05 bits per heavy atom. The van der Waals surface area contributed by atoms with Gasteiger partial charge in [0.2, 0.25) is 11.8 Å². The topological polar surface area (TPSA) is 196 Å². The van der Waals surface area contributed by atoms with Crippen molar-refractivity contribution in [2.75, 3.05) is 52.4 Å². The molecule has 4 fully saturated rings. The fraction of sp³-hybridized carbons (Fsp3) is 0.488. The lowest BCUT2D eigenvalue weighted by Crippen LogP contribution is -2.48. The monoisotopic (exact) mass is 812 g/mol. The maximum atomic E-state index is 13.7. The molecule has 2 aromatic rings. The Balaban J connectivity index is 0.880. The minimum atomic E-state index is -3.10. The Morgan fingerprint density at radius 3 is 2.47 bits per heavy atom. The van der Waals surface area contributed by atoms with E-state index in [1.165, 1.54) is 15.3 Å². The highest BCUT2D eigenvalue weighted by atomic mass is 19.3. The summed E-state index contributed by atoms with van der Waals surface area (Å²) >= 11 is 0. The van der Waals surface area contributed by atoms with E-state index < -0.39 is 30.0 Å². The van der Waals surface area contributed by atoms with Crippen LogP contribution in [0.3, 0.4) is 0 Å². The molecule has 3 amide bonds. The third-order valence-electron chi connectivity index (χ3n) is 11.7. The highest BCUT2D eigenvalue weighted by Crippen LogP contribution is 2.27. The molecule has 1 aliphatic carbocycles. The molecular formula is C41H50F2N12O4. The van der Waals surface area contributed by atoms with E-state index in [0.29, 0.717) is 34.9 Å². The molecule has 59 heavy (non-hydrogen) atoms. The van der Waals surface area contributed by atoms with Crippen molar-refractivity contribution >= 4 is 46.5 Å². The van der Waals surface area contributed by atoms with Gasteiger partial charge in [-0.25, -0.2) is 18.6 Å². The lowest BCUT2D eigenvalue weighted by atomic mass is 9.85. The van der Waals surface area contributed by atoms with Crippen molar-refractivity contribution < 1.29 is 23.2 Å². The molecule has 1 aromatic carbocycles. The van der Waals surface area contributed by atoms with Crippen LogP contribution in [0, 0.1) is 28.6 Å². The number of aliphatic imine (C=N–C) groups is 1. The molecule has 0 bridgehead atoms. The van der Waals surface area contributed by atoms with Gasteiger partial charge in [0, 0.05) is 83.9 Å². The molecule has 18 heteroatoms. The third kappa shape index (κ3) is 9.36. The van der Waals surface area contributed by atoms with Crippen LogP contribution < -0.4 is 27.0 Å². The number of carbonyl (C=O) groups is 3. The second kappa shape index (κ2) is 18.3. The second-order valence-corrected chi connectivity index (χ2v) is 15.5. The summed E-state index contributed by atoms with van der Waals surface area (Å²) in [4.78, 5) is 62.0. The number of alkyl halides is 2. The lowest BCUT2D eigenvalue weighted by molar-refractivity contribution is -0.135. The maximum Gasteiger partial charge on any atom is 0.329 e. The number of piperidine rings is 1. The molecule has 0 radical (unpaired) electrons. The summed E-state index contributed by atoms with van der Waals surface area (Å²) in [6.45, 7) is 6.76. The minimum Gasteiger partial charge on any atom is -0.386 e. The molecule has 5 heterocycles. The maximum absolute atomic E-state index is 13.7. The van der Waals surface area contributed by atoms with E-state index in [1.807, 2.05) is 17.0 Å². The predicted molar refractivity (Wildman–Crippen MR) is 219 cm³/mol. The van der Waals surface area contributed by atoms with Gasteiger partial charge in [-0.2, -0.15) is 0 Å². The first-order chi connectivity index (χ1) is 28.5. The summed E-state index contributed by atoms with van der Waals surface area (Å²) in [6.07, 6.45) is 7.40. The van der Waals surface area contributed by atoms with Gasteiger partial charge in [-0.1, -0.05) is 17.9 Å². The molecule has 6 N–H and O–H groups in total. The Kier molecular flexibility index (Phi) is 12.8. The fourth-order valence-electron chi connectivity index (χ4n) is 8.19. The number of hydrogen-bond acceptors (Lipinski definition) is 12. The summed E-state index contributed by atoms with van der Waals surface area (Å²) in [5.74, 6) is 6.19. The number of imidazole rings is 1. The first-order valence-corrected chi connectivity index (χ1v) is 20.1. The normalized spacial score (nSPS) is 23.7. The molecule has 1 saturated carbocycles. The number of para-hydroxylation sites is 1. The zero-order chi connectivity index (χ0) is 41.6. The molecule has 1 unspecified atom stereocenters. The number of nitrogens with zero attached hydrogens (tertiary/aromatic N) is 6. The Bertz CT molecular complexity index is 2240. The van der Waals surface area contributed by atoms with Crippen LogP contribution in [-0.4, -0.2) is 124 Å². The van der Waals surface area contributed by atoms with Gasteiger partial charge in [0.15, 0.2) is 0 Å². The number of imide groups is 1. The minimum absolute atomic E-state index is 0.00213. The molecule has 0 spiro atoms. The summed E-state index contributed by atoms with van der Waals surface area (Å²) in [7, 11) is 1.67. The summed E-state index contributed by atoms with van der Waals surface area (Å²) < 4.78 is 30.4. The highest BCUT2D eigenvalue weighted by molar-refractivity contribution is 6.15. The molecule has 16 nitrogen and oxygen atoms in total. The number of benzene rings is 1. The van der Waals surface area contributed by atoms with Crippen molar-refractivity contribution in [1.29, 1.82) is 10.8 Å². The standard InChI is InChI=1S/C41H50F2N12O4/c1-51-36-27(5-2-7-31(36)55(41(51)59)32-12-13-34(56)50-40(32)58)6-3-16-52-19-21-53(22-20-52)25-26-8-10-28(11-9-26)47-24-30(35(45)37(42)43)48-39(57)29(23-44)38-46-15-14-33(49-38)54-17-4-18-54/h2,5,7,14-15,23-24,26,28,32,37,44-47H,4,8-13,16-22,25H2,1H3,(H,48,57)(H,50,56,58)/b30-24+,38-29-,44-23?,45-35?/t26-,28-,32?. The smallest absolute Gasteiger partial charge is 0.329 e. The first kappa shape index (κ1) is 41.2. The van der Waals surface area contributed by atoms with Gasteiger partial charge in [-0.3, -0.25) is 39.1 Å². The zero-order valence-corrected chi connectivity index (χ0v) is 33.0. The van der Waals surface area contributed by atoms with Gasteiger partial charge in [0.25, 0.3) is 12.3 Å². The fourth-order valence-corrected chi connectivity index (χ4v) is 8.19. The number of rotatable bonds is 11. The Morgan fingerprint density at radius 2 is 1.80 bits per heavy atom. The molecular weight excluding hydrogens is 763 g/mol. The average Bonchev–Trinajstić information content (AvgIpc) is 3.46. The third-order valence-corrected chi connectivity index (χ3v) is 11.7. The van der Waals surface area contributed by atoms with E-state index in [9.17, 15) is 28.0 Å². The predicted octanol–water partition coefficient (Wildman–Crippen LogP) is 1.76. The van der Waals surface area contributed by atoms with E-state index in [4.69, 9.17) is 10.8 Å². The van der Waals surface area contributed by atoms with Crippen molar-refractivity contribution in [2.45, 2.75) is 63.5 Å². The van der Waals surface area contributed by atoms with Crippen molar-refractivity contribution in [3.63, 3.8) is 0 Å². The lowest BCUT2D eigenvalue weighted by Gasteiger charge is -2.37. The van der Waals surface area contributed by atoms with Crippen molar-refractivity contribution in [3.05, 3.63) is 69.8 Å². The molecule has 1 atom stereocenters. The molecule has 3 saturated heterocycles. The number of aryl methyl sites for hydroxylation is 1. The molecule has 7 rings (SSSR count). The number of allylic oxidation sites excluding steroid dienone is 1. The van der Waals surface area contributed by atoms with E-state index >= 15 is 0 Å². The van der Waals surface area contributed by atoms with Crippen LogP contribution in [0.1, 0.15) is 56.6 Å². The number of amidine groups is 1. The Hall–Kier alpha value is -5.93. The number of halogens is 2. The van der Waals surface area contributed by atoms with Crippen LogP contribution in [0.2, 0.25) is 0 Å². The van der Waals surface area contributed by atoms with Gasteiger partial charge in [-0.05, 0) is 62.7 Å². The van der Waals surface area contributed by atoms with E-state index in [1.54, 1.807) is 25.4 Å². The largest absolute Gasteiger partial charge is 0.386 e. The van der Waals surface area contributed by atoms with Gasteiger partial charge in [0.1, 0.15) is 23.4 Å². The van der Waals surface area contributed by atoms with Crippen molar-refractivity contribution in [1.82, 2.24) is 45.1 Å². The number of hydrogen-bond donors (Lipinski definition) is 6. The van der Waals surface area contributed by atoms with Gasteiger partial charge in [0.05, 0.1) is 34.4 Å². The van der Waals surface area contributed by atoms with Gasteiger partial charge < -0.3 is 31.2 Å². The van der Waals surface area contributed by atoms with Gasteiger partial charge >= 0.3 is 5.69 Å². The molecule has 312 valence electrons. The Labute approximate surface area is 340 Å². The summed E-state index contributed by atoms with van der Waals surface area (Å²) in [5, 5.41) is 26.6. The van der Waals surface area contributed by atoms with E-state index in [-0.39, 0.29) is 47.6 Å². The van der Waals surface area contributed by atoms with Crippen LogP contribution in [-0.2, 0) is 21.4 Å². The zero-order valence-electron chi connectivity index (χ0n) is 33.0. The van der Waals surface area contributed by atoms with Crippen LogP contribution in [0.4, 0.5) is 8.78 Å². The number of piperazine rings is 1. The number of nitrogens with one attached hydrogen (secondary N) is 6. The van der Waals surface area contributed by atoms with E-state index in [0.717, 1.165) is 84.1 Å². The average molecular weight is 813 g/mol. The van der Waals surface area contributed by atoms with Crippen LogP contribution in [0.25, 0.3) is 11.0 Å². The number of amides is 3. The number of aromatic nitrogens is 2. The van der Waals surface area contributed by atoms with Crippen LogP contribution in [0.15, 0.2) is 63.6 Å². The summed E-state index contributed by atoms with van der Waals surface area (Å²) in [6, 6.07) is 4.74. The van der Waals surface area contributed by atoms with Crippen LogP contribution in [0.5, 0.6) is 0 Å². The number of carbonyl (C=O) groups excluding carboxylic acids is 3. The summed E-state index contributed by atoms with van der Waals surface area (Å²) in [5.41, 5.74) is 0.129. The highest BCUT2D eigenvalue weighted by Gasteiger charge is 2.32. The van der Waals surface area contributed by atoms with E-state index in [2.05, 4.69) is 47.9 Å². The molecule has 4 aliphatic heterocycles. The molecule has 1 aromatic heterocycles. The van der Waals surface area contributed by atoms with Crippen LogP contribution >= 0.6 is 0 Å². The second-order valence-electron chi connectivity index (χ2n) is 15.5. The van der Waals surface area contributed by atoms with Crippen molar-refractivity contribution in [3.8, 4) is 11.8 Å². The van der Waals surface area contributed by atoms with Crippen molar-refractivity contribution in [2.24, 2.45) is 18.0 Å². The SMILES string of the molecule is Cn1c(=O)n(C2CCC(=O)NC2=O)c2cccc(C#CCN3CCN(C[C@H]4CC[C@H](N/C=C(/NC(=O)/C(C=N)=C5\N=C(N6CCC6)C=CN5)C(=N)C(F)F)CC4)CC3)c21.